The van der Waals surface area contributed by atoms with E-state index in [4.69, 9.17) is 10.5 Å². The Labute approximate surface area is 119 Å². The van der Waals surface area contributed by atoms with Gasteiger partial charge in [0.15, 0.2) is 11.6 Å². The molecule has 20 heavy (non-hydrogen) atoms. The number of carbonyl (C=O) groups excluding carboxylic acids is 1. The van der Waals surface area contributed by atoms with Crippen LogP contribution in [0.15, 0.2) is 24.3 Å². The smallest absolute Gasteiger partial charge is 0.239 e. The van der Waals surface area contributed by atoms with Crippen molar-refractivity contribution in [3.63, 3.8) is 0 Å². The number of likely N-dealkylation sites (N-methyl/N-ethyl adjacent to an activating group) is 1. The van der Waals surface area contributed by atoms with Crippen molar-refractivity contribution in [1.29, 1.82) is 0 Å². The molecule has 1 aromatic carbocycles. The van der Waals surface area contributed by atoms with Gasteiger partial charge in [-0.05, 0) is 18.1 Å². The first-order valence-electron chi connectivity index (χ1n) is 6.85. The van der Waals surface area contributed by atoms with Crippen LogP contribution in [0.5, 0.6) is 5.75 Å². The highest BCUT2D eigenvalue weighted by Gasteiger charge is 2.22. The summed E-state index contributed by atoms with van der Waals surface area (Å²) >= 11 is 0. The van der Waals surface area contributed by atoms with E-state index >= 15 is 0 Å². The van der Waals surface area contributed by atoms with Gasteiger partial charge in [0, 0.05) is 7.05 Å². The molecule has 0 saturated heterocycles. The minimum atomic E-state index is -0.501. The van der Waals surface area contributed by atoms with Crippen LogP contribution in [0, 0.1) is 11.7 Å². The summed E-state index contributed by atoms with van der Waals surface area (Å²) in [6.07, 6.45) is 0.854. The molecule has 1 rings (SSSR count). The van der Waals surface area contributed by atoms with Crippen molar-refractivity contribution in [3.05, 3.63) is 30.1 Å². The number of nitrogens with two attached hydrogens (primary N) is 1. The van der Waals surface area contributed by atoms with Gasteiger partial charge in [0.1, 0.15) is 6.61 Å². The van der Waals surface area contributed by atoms with Gasteiger partial charge in [-0.1, -0.05) is 32.4 Å². The Hall–Kier alpha value is -1.62. The second-order valence-electron chi connectivity index (χ2n) is 4.95. The van der Waals surface area contributed by atoms with E-state index in [1.807, 2.05) is 13.8 Å². The first-order valence-corrected chi connectivity index (χ1v) is 6.85. The summed E-state index contributed by atoms with van der Waals surface area (Å²) in [5, 5.41) is 0. The minimum absolute atomic E-state index is 0.114. The highest BCUT2D eigenvalue weighted by molar-refractivity contribution is 5.81. The van der Waals surface area contributed by atoms with Crippen molar-refractivity contribution < 1.29 is 13.9 Å². The van der Waals surface area contributed by atoms with Crippen LogP contribution in [0.3, 0.4) is 0 Å². The Morgan fingerprint density at radius 2 is 2.10 bits per heavy atom. The SMILES string of the molecule is CCC(C)[C@H](N)C(=O)N(C)CCOc1ccccc1F. The zero-order valence-electron chi connectivity index (χ0n) is 12.3. The number of halogens is 1. The molecule has 1 aromatic rings. The summed E-state index contributed by atoms with van der Waals surface area (Å²) in [5.74, 6) is -0.189. The van der Waals surface area contributed by atoms with Gasteiger partial charge in [-0.15, -0.1) is 0 Å². The Kier molecular flexibility index (Phi) is 6.45. The molecule has 1 unspecified atom stereocenters. The maximum atomic E-state index is 13.3. The van der Waals surface area contributed by atoms with Crippen LogP contribution in [-0.4, -0.2) is 37.0 Å². The zero-order valence-corrected chi connectivity index (χ0v) is 12.3. The number of nitrogens with zero attached hydrogens (tertiary/aromatic N) is 1. The molecule has 0 aromatic heterocycles. The molecular weight excluding hydrogens is 259 g/mol. The summed E-state index contributed by atoms with van der Waals surface area (Å²) in [4.78, 5) is 13.5. The van der Waals surface area contributed by atoms with E-state index in [1.165, 1.54) is 11.0 Å². The number of benzene rings is 1. The number of ether oxygens (including phenoxy) is 1. The topological polar surface area (TPSA) is 55.6 Å². The fraction of sp³-hybridized carbons (Fsp3) is 0.533. The molecule has 0 fully saturated rings. The van der Waals surface area contributed by atoms with Gasteiger partial charge in [-0.25, -0.2) is 4.39 Å². The molecule has 2 atom stereocenters. The maximum Gasteiger partial charge on any atom is 0.239 e. The lowest BCUT2D eigenvalue weighted by atomic mass is 9.99. The van der Waals surface area contributed by atoms with Crippen LogP contribution in [-0.2, 0) is 4.79 Å². The van der Waals surface area contributed by atoms with Crippen LogP contribution in [0.4, 0.5) is 4.39 Å². The molecule has 4 nitrogen and oxygen atoms in total. The van der Waals surface area contributed by atoms with Crippen LogP contribution in [0.1, 0.15) is 20.3 Å². The van der Waals surface area contributed by atoms with Crippen LogP contribution in [0.25, 0.3) is 0 Å². The Balaban J connectivity index is 2.42. The van der Waals surface area contributed by atoms with E-state index in [9.17, 15) is 9.18 Å². The van der Waals surface area contributed by atoms with Crippen molar-refractivity contribution in [2.24, 2.45) is 11.7 Å². The average Bonchev–Trinajstić information content (AvgIpc) is 2.46. The monoisotopic (exact) mass is 282 g/mol. The molecule has 0 aliphatic carbocycles. The number of hydrogen-bond acceptors (Lipinski definition) is 3. The predicted octanol–water partition coefficient (Wildman–Crippen LogP) is 2.04. The lowest BCUT2D eigenvalue weighted by Crippen LogP contribution is -2.46. The molecule has 112 valence electrons. The third-order valence-corrected chi connectivity index (χ3v) is 3.44. The molecular formula is C15H23FN2O2. The lowest BCUT2D eigenvalue weighted by molar-refractivity contribution is -0.132. The highest BCUT2D eigenvalue weighted by Crippen LogP contribution is 2.15. The van der Waals surface area contributed by atoms with E-state index in [-0.39, 0.29) is 24.2 Å². The quantitative estimate of drug-likeness (QED) is 0.832. The van der Waals surface area contributed by atoms with E-state index < -0.39 is 11.9 Å². The number of para-hydroxylation sites is 1. The van der Waals surface area contributed by atoms with Gasteiger partial charge in [0.05, 0.1) is 12.6 Å². The van der Waals surface area contributed by atoms with Crippen molar-refractivity contribution >= 4 is 5.91 Å². The van der Waals surface area contributed by atoms with E-state index in [1.54, 1.807) is 25.2 Å². The lowest BCUT2D eigenvalue weighted by Gasteiger charge is -2.24. The molecule has 1 amide bonds. The second-order valence-corrected chi connectivity index (χ2v) is 4.95. The van der Waals surface area contributed by atoms with Gasteiger partial charge in [0.25, 0.3) is 0 Å². The van der Waals surface area contributed by atoms with Crippen molar-refractivity contribution in [1.82, 2.24) is 4.90 Å². The first-order chi connectivity index (χ1) is 9.47. The van der Waals surface area contributed by atoms with Gasteiger partial charge in [-0.3, -0.25) is 4.79 Å². The van der Waals surface area contributed by atoms with Gasteiger partial charge < -0.3 is 15.4 Å². The zero-order chi connectivity index (χ0) is 15.1. The Morgan fingerprint density at radius 1 is 1.45 bits per heavy atom. The summed E-state index contributed by atoms with van der Waals surface area (Å²) in [6, 6.07) is 5.69. The van der Waals surface area contributed by atoms with E-state index in [0.717, 1.165) is 6.42 Å². The number of carbonyl (C=O) groups is 1. The van der Waals surface area contributed by atoms with Crippen LogP contribution < -0.4 is 10.5 Å². The normalized spacial score (nSPS) is 13.7. The molecule has 2 N–H and O–H groups in total. The fourth-order valence-electron chi connectivity index (χ4n) is 1.72. The highest BCUT2D eigenvalue weighted by atomic mass is 19.1. The summed E-state index contributed by atoms with van der Waals surface area (Å²) in [6.45, 7) is 4.55. The molecule has 0 spiro atoms. The summed E-state index contributed by atoms with van der Waals surface area (Å²) in [7, 11) is 1.68. The maximum absolute atomic E-state index is 13.3. The van der Waals surface area contributed by atoms with Gasteiger partial charge >= 0.3 is 0 Å². The second kappa shape index (κ2) is 7.85. The fourth-order valence-corrected chi connectivity index (χ4v) is 1.72. The average molecular weight is 282 g/mol. The summed E-state index contributed by atoms with van der Waals surface area (Å²) < 4.78 is 18.6. The van der Waals surface area contributed by atoms with Crippen LogP contribution >= 0.6 is 0 Å². The molecule has 5 heteroatoms. The Morgan fingerprint density at radius 3 is 2.70 bits per heavy atom. The number of amides is 1. The third-order valence-electron chi connectivity index (χ3n) is 3.44. The molecule has 0 heterocycles. The first kappa shape index (κ1) is 16.4. The molecule has 0 bridgehead atoms. The number of rotatable bonds is 7. The van der Waals surface area contributed by atoms with Crippen LogP contribution in [0.2, 0.25) is 0 Å². The summed E-state index contributed by atoms with van der Waals surface area (Å²) in [5.41, 5.74) is 5.89. The third kappa shape index (κ3) is 4.49. The standard InChI is InChI=1S/C15H23FN2O2/c1-4-11(2)14(17)15(19)18(3)9-10-20-13-8-6-5-7-12(13)16/h5-8,11,14H,4,9-10,17H2,1-3H3/t11?,14-/m0/s1. The molecule has 0 aliphatic rings. The molecule has 0 radical (unpaired) electrons. The molecule has 0 aliphatic heterocycles. The van der Waals surface area contributed by atoms with Gasteiger partial charge in [0.2, 0.25) is 5.91 Å². The van der Waals surface area contributed by atoms with E-state index in [2.05, 4.69) is 0 Å². The largest absolute Gasteiger partial charge is 0.489 e. The van der Waals surface area contributed by atoms with Gasteiger partial charge in [-0.2, -0.15) is 0 Å². The predicted molar refractivity (Wildman–Crippen MR) is 77.0 cm³/mol. The van der Waals surface area contributed by atoms with E-state index in [0.29, 0.717) is 6.54 Å². The molecule has 0 saturated carbocycles. The van der Waals surface area contributed by atoms with Crippen molar-refractivity contribution in [2.45, 2.75) is 26.3 Å². The van der Waals surface area contributed by atoms with Crippen molar-refractivity contribution in [3.8, 4) is 5.75 Å². The minimum Gasteiger partial charge on any atom is -0.489 e. The van der Waals surface area contributed by atoms with Crippen molar-refractivity contribution in [2.75, 3.05) is 20.2 Å². The number of hydrogen-bond donors (Lipinski definition) is 1. The Bertz CT molecular complexity index is 440.